The van der Waals surface area contributed by atoms with Crippen LogP contribution < -0.4 is 10.2 Å². The molecule has 0 aliphatic carbocycles. The summed E-state index contributed by atoms with van der Waals surface area (Å²) >= 11 is 0. The van der Waals surface area contributed by atoms with Gasteiger partial charge in [0.25, 0.3) is 11.6 Å². The van der Waals surface area contributed by atoms with Gasteiger partial charge in [0.1, 0.15) is 0 Å². The smallest absolute Gasteiger partial charge is 0.270 e. The summed E-state index contributed by atoms with van der Waals surface area (Å²) in [6, 6.07) is 4.34. The summed E-state index contributed by atoms with van der Waals surface area (Å²) in [5.74, 6) is 0.276. The maximum Gasteiger partial charge on any atom is 0.270 e. The third kappa shape index (κ3) is 5.43. The summed E-state index contributed by atoms with van der Waals surface area (Å²) in [6.07, 6.45) is 2.15. The lowest BCUT2D eigenvalue weighted by atomic mass is 9.95. The molecule has 8 nitrogen and oxygen atoms in total. The molecular formula is C20H30N4O4. The number of hydrogen-bond acceptors (Lipinski definition) is 5. The second-order valence-corrected chi connectivity index (χ2v) is 7.89. The van der Waals surface area contributed by atoms with Gasteiger partial charge < -0.3 is 15.1 Å². The molecule has 1 heterocycles. The second kappa shape index (κ2) is 9.52. The number of piperidine rings is 1. The summed E-state index contributed by atoms with van der Waals surface area (Å²) in [4.78, 5) is 39.4. The number of anilines is 1. The van der Waals surface area contributed by atoms with Gasteiger partial charge in [-0.2, -0.15) is 0 Å². The summed E-state index contributed by atoms with van der Waals surface area (Å²) in [6.45, 7) is 5.85. The zero-order valence-electron chi connectivity index (χ0n) is 17.1. The molecule has 0 bridgehead atoms. The molecule has 0 radical (unpaired) electrons. The minimum atomic E-state index is -0.496. The van der Waals surface area contributed by atoms with E-state index >= 15 is 0 Å². The molecule has 1 aromatic carbocycles. The fraction of sp³-hybridized carbons (Fsp3) is 0.600. The standard InChI is InChI=1S/C20H30N4O4/c1-14(2)7-10-21-19(25)15-8-11-23(12-9-15)20(26)17-13-16(24(27)28)5-6-18(17)22(3)4/h5-6,13-15H,7-12H2,1-4H3,(H,21,25). The number of rotatable bonds is 7. The van der Waals surface area contributed by atoms with Crippen LogP contribution in [0.4, 0.5) is 11.4 Å². The SMILES string of the molecule is CC(C)CCNC(=O)C1CCN(C(=O)c2cc([N+](=O)[O-])ccc2N(C)C)CC1. The van der Waals surface area contributed by atoms with Crippen LogP contribution in [0.3, 0.4) is 0 Å². The molecule has 1 fully saturated rings. The zero-order valence-corrected chi connectivity index (χ0v) is 17.1. The Morgan fingerprint density at radius 1 is 1.29 bits per heavy atom. The average Bonchev–Trinajstić information content (AvgIpc) is 2.66. The van der Waals surface area contributed by atoms with Crippen LogP contribution in [0.25, 0.3) is 0 Å². The summed E-state index contributed by atoms with van der Waals surface area (Å²) in [7, 11) is 3.59. The largest absolute Gasteiger partial charge is 0.377 e. The van der Waals surface area contributed by atoms with Crippen molar-refractivity contribution < 1.29 is 14.5 Å². The maximum atomic E-state index is 13.0. The molecule has 0 atom stereocenters. The lowest BCUT2D eigenvalue weighted by Crippen LogP contribution is -2.43. The predicted octanol–water partition coefficient (Wildman–Crippen LogP) is 2.68. The number of likely N-dealkylation sites (tertiary alicyclic amines) is 1. The fourth-order valence-electron chi connectivity index (χ4n) is 3.34. The van der Waals surface area contributed by atoms with Gasteiger partial charge in [0.05, 0.1) is 10.5 Å². The Kier molecular flexibility index (Phi) is 7.37. The van der Waals surface area contributed by atoms with E-state index in [1.165, 1.54) is 12.1 Å². The van der Waals surface area contributed by atoms with Crippen molar-refractivity contribution in [3.05, 3.63) is 33.9 Å². The highest BCUT2D eigenvalue weighted by molar-refractivity contribution is 6.00. The molecule has 1 N–H and O–H groups in total. The second-order valence-electron chi connectivity index (χ2n) is 7.89. The van der Waals surface area contributed by atoms with E-state index in [-0.39, 0.29) is 23.4 Å². The van der Waals surface area contributed by atoms with Crippen molar-refractivity contribution in [2.75, 3.05) is 38.6 Å². The van der Waals surface area contributed by atoms with Crippen molar-refractivity contribution in [2.45, 2.75) is 33.1 Å². The Labute approximate surface area is 166 Å². The zero-order chi connectivity index (χ0) is 20.8. The number of carbonyl (C=O) groups excluding carboxylic acids is 2. The lowest BCUT2D eigenvalue weighted by Gasteiger charge is -2.32. The van der Waals surface area contributed by atoms with Crippen LogP contribution in [-0.4, -0.2) is 55.4 Å². The third-order valence-electron chi connectivity index (χ3n) is 5.08. The van der Waals surface area contributed by atoms with Crippen LogP contribution in [0.2, 0.25) is 0 Å². The molecule has 0 saturated carbocycles. The first-order valence-corrected chi connectivity index (χ1v) is 9.73. The number of non-ortho nitro benzene ring substituents is 1. The molecule has 1 aliphatic rings. The van der Waals surface area contributed by atoms with Gasteiger partial charge in [-0.15, -0.1) is 0 Å². The first kappa shape index (κ1) is 21.7. The highest BCUT2D eigenvalue weighted by Gasteiger charge is 2.29. The van der Waals surface area contributed by atoms with E-state index in [2.05, 4.69) is 19.2 Å². The van der Waals surface area contributed by atoms with Crippen molar-refractivity contribution in [2.24, 2.45) is 11.8 Å². The monoisotopic (exact) mass is 390 g/mol. The van der Waals surface area contributed by atoms with Gasteiger partial charge in [0.15, 0.2) is 0 Å². The van der Waals surface area contributed by atoms with Gasteiger partial charge in [-0.1, -0.05) is 13.8 Å². The molecule has 1 saturated heterocycles. The van der Waals surface area contributed by atoms with Crippen LogP contribution in [-0.2, 0) is 4.79 Å². The van der Waals surface area contributed by atoms with Crippen molar-refractivity contribution >= 4 is 23.2 Å². The first-order valence-electron chi connectivity index (χ1n) is 9.73. The molecule has 1 aromatic rings. The van der Waals surface area contributed by atoms with Crippen LogP contribution in [0.1, 0.15) is 43.5 Å². The molecule has 1 aliphatic heterocycles. The highest BCUT2D eigenvalue weighted by atomic mass is 16.6. The molecule has 0 unspecified atom stereocenters. The summed E-state index contributed by atoms with van der Waals surface area (Å²) < 4.78 is 0. The third-order valence-corrected chi connectivity index (χ3v) is 5.08. The van der Waals surface area contributed by atoms with Crippen LogP contribution >= 0.6 is 0 Å². The number of carbonyl (C=O) groups is 2. The Balaban J connectivity index is 2.02. The molecule has 28 heavy (non-hydrogen) atoms. The minimum Gasteiger partial charge on any atom is -0.377 e. The number of amides is 2. The number of nitrogens with zero attached hydrogens (tertiary/aromatic N) is 3. The van der Waals surface area contributed by atoms with E-state index in [9.17, 15) is 19.7 Å². The lowest BCUT2D eigenvalue weighted by molar-refractivity contribution is -0.384. The van der Waals surface area contributed by atoms with E-state index in [0.717, 1.165) is 6.42 Å². The Hall–Kier alpha value is -2.64. The summed E-state index contributed by atoms with van der Waals surface area (Å²) in [5.41, 5.74) is 0.858. The van der Waals surface area contributed by atoms with E-state index in [1.54, 1.807) is 30.0 Å². The molecule has 0 spiro atoms. The van der Waals surface area contributed by atoms with E-state index < -0.39 is 4.92 Å². The van der Waals surface area contributed by atoms with Gasteiger partial charge in [0, 0.05) is 57.5 Å². The minimum absolute atomic E-state index is 0.0529. The van der Waals surface area contributed by atoms with Gasteiger partial charge in [-0.3, -0.25) is 19.7 Å². The first-order chi connectivity index (χ1) is 13.2. The van der Waals surface area contributed by atoms with Gasteiger partial charge in [0.2, 0.25) is 5.91 Å². The molecule has 154 valence electrons. The Bertz CT molecular complexity index is 725. The Morgan fingerprint density at radius 3 is 2.46 bits per heavy atom. The number of nitro benzene ring substituents is 1. The van der Waals surface area contributed by atoms with Crippen molar-refractivity contribution in [1.82, 2.24) is 10.2 Å². The normalized spacial score (nSPS) is 14.8. The van der Waals surface area contributed by atoms with E-state index in [0.29, 0.717) is 49.6 Å². The van der Waals surface area contributed by atoms with Gasteiger partial charge in [-0.25, -0.2) is 0 Å². The fourth-order valence-corrected chi connectivity index (χ4v) is 3.34. The van der Waals surface area contributed by atoms with Gasteiger partial charge in [-0.05, 0) is 31.2 Å². The summed E-state index contributed by atoms with van der Waals surface area (Å²) in [5, 5.41) is 14.1. The number of benzene rings is 1. The van der Waals surface area contributed by atoms with Crippen molar-refractivity contribution in [3.63, 3.8) is 0 Å². The number of hydrogen-bond donors (Lipinski definition) is 1. The quantitative estimate of drug-likeness (QED) is 0.570. The molecule has 2 rings (SSSR count). The van der Waals surface area contributed by atoms with Crippen LogP contribution in [0, 0.1) is 22.0 Å². The van der Waals surface area contributed by atoms with E-state index in [1.807, 2.05) is 0 Å². The predicted molar refractivity (Wildman–Crippen MR) is 109 cm³/mol. The van der Waals surface area contributed by atoms with Crippen LogP contribution in [0.15, 0.2) is 18.2 Å². The molecule has 8 heteroatoms. The molecule has 2 amide bonds. The van der Waals surface area contributed by atoms with Crippen molar-refractivity contribution in [1.29, 1.82) is 0 Å². The number of nitro groups is 1. The maximum absolute atomic E-state index is 13.0. The van der Waals surface area contributed by atoms with Gasteiger partial charge >= 0.3 is 0 Å². The number of nitrogens with one attached hydrogen (secondary N) is 1. The molecular weight excluding hydrogens is 360 g/mol. The van der Waals surface area contributed by atoms with E-state index in [4.69, 9.17) is 0 Å². The highest BCUT2D eigenvalue weighted by Crippen LogP contribution is 2.27. The average molecular weight is 390 g/mol. The topological polar surface area (TPSA) is 95.8 Å². The van der Waals surface area contributed by atoms with Crippen LogP contribution in [0.5, 0.6) is 0 Å². The molecule has 0 aromatic heterocycles. The van der Waals surface area contributed by atoms with Crippen molar-refractivity contribution in [3.8, 4) is 0 Å². The Morgan fingerprint density at radius 2 is 1.93 bits per heavy atom.